The summed E-state index contributed by atoms with van der Waals surface area (Å²) in [6.07, 6.45) is -2.54. The Kier molecular flexibility index (Phi) is 10.9. The molecule has 7 rings (SSSR count). The van der Waals surface area contributed by atoms with Crippen LogP contribution >= 0.6 is 0 Å². The van der Waals surface area contributed by atoms with Crippen LogP contribution in [0, 0.1) is 0 Å². The molecule has 0 amide bonds. The molecule has 49 heavy (non-hydrogen) atoms. The van der Waals surface area contributed by atoms with Crippen LogP contribution in [0.15, 0.2) is 140 Å². The van der Waals surface area contributed by atoms with Crippen molar-refractivity contribution in [3.8, 4) is 0 Å². The van der Waals surface area contributed by atoms with E-state index in [-0.39, 0.29) is 13.2 Å². The van der Waals surface area contributed by atoms with Crippen LogP contribution in [0.1, 0.15) is 38.9 Å². The molecule has 2 heterocycles. The van der Waals surface area contributed by atoms with Gasteiger partial charge in [0.15, 0.2) is 0 Å². The topological polar surface area (TPSA) is 75.6 Å². The Morgan fingerprint density at radius 1 is 0.571 bits per heavy atom. The lowest BCUT2D eigenvalue weighted by Crippen LogP contribution is -2.65. The van der Waals surface area contributed by atoms with E-state index >= 15 is 0 Å². The van der Waals surface area contributed by atoms with E-state index in [1.54, 1.807) is 0 Å². The van der Waals surface area contributed by atoms with Gasteiger partial charge in [-0.15, -0.1) is 0 Å². The Hall–Kier alpha value is -4.18. The molecule has 0 aliphatic carbocycles. The number of hydrogen-bond donors (Lipinski definition) is 1. The maximum Gasteiger partial charge on any atom is 0.226 e. The number of fused-ring (bicyclic) bond motifs is 2. The van der Waals surface area contributed by atoms with E-state index < -0.39 is 30.2 Å². The Morgan fingerprint density at radius 3 is 1.63 bits per heavy atom. The molecule has 0 unspecified atom stereocenters. The van der Waals surface area contributed by atoms with Crippen molar-refractivity contribution in [2.24, 2.45) is 0 Å². The van der Waals surface area contributed by atoms with Crippen LogP contribution in [0.3, 0.4) is 0 Å². The van der Waals surface area contributed by atoms with Gasteiger partial charge in [0, 0.05) is 5.56 Å². The van der Waals surface area contributed by atoms with Gasteiger partial charge in [0.1, 0.15) is 24.4 Å². The number of rotatable bonds is 14. The van der Waals surface area contributed by atoms with Gasteiger partial charge in [0.2, 0.25) is 5.79 Å². The Bertz CT molecular complexity index is 1740. The Labute approximate surface area is 288 Å². The maximum atomic E-state index is 10.2. The molecule has 0 radical (unpaired) electrons. The average molecular weight is 659 g/mol. The van der Waals surface area contributed by atoms with Gasteiger partial charge in [-0.05, 0) is 39.4 Å². The van der Waals surface area contributed by atoms with Gasteiger partial charge >= 0.3 is 0 Å². The molecule has 0 bridgehead atoms. The van der Waals surface area contributed by atoms with Gasteiger partial charge in [-0.25, -0.2) is 0 Å². The standard InChI is InChI=1S/C42H42O7/c43-24-35-21-22-36-29-48-42(37(36)23-35)41(47-28-34-19-11-4-12-20-34)40(46-27-33-17-9-3-10-18-33)39(45-26-32-15-7-2-8-16-32)38(49-42)30-44-25-31-13-5-1-6-14-31/h1-23,38-41,43H,24-30H2/t38-,39-,40+,41-,42+/m1/s1. The van der Waals surface area contributed by atoms with E-state index in [4.69, 9.17) is 28.4 Å². The molecular weight excluding hydrogens is 616 g/mol. The fourth-order valence-corrected chi connectivity index (χ4v) is 6.61. The van der Waals surface area contributed by atoms with Gasteiger partial charge in [-0.2, -0.15) is 0 Å². The minimum atomic E-state index is -1.34. The number of ether oxygens (including phenoxy) is 6. The zero-order valence-corrected chi connectivity index (χ0v) is 27.4. The van der Waals surface area contributed by atoms with Crippen LogP contribution in [0.25, 0.3) is 0 Å². The Balaban J connectivity index is 1.28. The zero-order chi connectivity index (χ0) is 33.3. The van der Waals surface area contributed by atoms with E-state index in [1.807, 2.05) is 140 Å². The Morgan fingerprint density at radius 2 is 1.08 bits per heavy atom. The van der Waals surface area contributed by atoms with E-state index in [0.717, 1.165) is 38.9 Å². The third-order valence-electron chi connectivity index (χ3n) is 9.10. The van der Waals surface area contributed by atoms with Crippen molar-refractivity contribution in [2.75, 3.05) is 6.61 Å². The number of hydrogen-bond acceptors (Lipinski definition) is 7. The monoisotopic (exact) mass is 658 g/mol. The van der Waals surface area contributed by atoms with E-state index in [9.17, 15) is 5.11 Å². The molecule has 7 heteroatoms. The van der Waals surface area contributed by atoms with Crippen molar-refractivity contribution in [3.63, 3.8) is 0 Å². The third kappa shape index (κ3) is 7.85. The second-order valence-electron chi connectivity index (χ2n) is 12.5. The first kappa shape index (κ1) is 33.3. The van der Waals surface area contributed by atoms with Crippen molar-refractivity contribution >= 4 is 0 Å². The lowest BCUT2D eigenvalue weighted by atomic mass is 9.86. The molecule has 5 aromatic rings. The second kappa shape index (κ2) is 16.0. The van der Waals surface area contributed by atoms with Crippen molar-refractivity contribution in [1.82, 2.24) is 0 Å². The highest BCUT2D eigenvalue weighted by molar-refractivity contribution is 5.39. The molecule has 1 spiro atoms. The molecule has 1 saturated heterocycles. The van der Waals surface area contributed by atoms with Gasteiger partial charge < -0.3 is 33.5 Å². The van der Waals surface area contributed by atoms with E-state index in [2.05, 4.69) is 0 Å². The van der Waals surface area contributed by atoms with Crippen molar-refractivity contribution in [1.29, 1.82) is 0 Å². The summed E-state index contributed by atoms with van der Waals surface area (Å²) >= 11 is 0. The van der Waals surface area contributed by atoms with Crippen LogP contribution in [-0.4, -0.2) is 36.1 Å². The minimum Gasteiger partial charge on any atom is -0.392 e. The summed E-state index contributed by atoms with van der Waals surface area (Å²) in [6.45, 7) is 1.84. The lowest BCUT2D eigenvalue weighted by Gasteiger charge is -2.51. The van der Waals surface area contributed by atoms with Gasteiger partial charge in [0.25, 0.3) is 0 Å². The van der Waals surface area contributed by atoms with Crippen molar-refractivity contribution < 1.29 is 33.5 Å². The summed E-state index contributed by atoms with van der Waals surface area (Å²) in [6, 6.07) is 46.2. The molecule has 7 nitrogen and oxygen atoms in total. The fourth-order valence-electron chi connectivity index (χ4n) is 6.61. The van der Waals surface area contributed by atoms with Crippen LogP contribution < -0.4 is 0 Å². The molecule has 5 atom stereocenters. The van der Waals surface area contributed by atoms with Crippen molar-refractivity contribution in [2.45, 2.75) is 69.8 Å². The summed E-state index contributed by atoms with van der Waals surface area (Å²) < 4.78 is 40.8. The quantitative estimate of drug-likeness (QED) is 0.135. The van der Waals surface area contributed by atoms with E-state index in [0.29, 0.717) is 33.0 Å². The first-order valence-corrected chi connectivity index (χ1v) is 16.8. The minimum absolute atomic E-state index is 0.112. The summed E-state index contributed by atoms with van der Waals surface area (Å²) in [5, 5.41) is 10.2. The fraction of sp³-hybridized carbons (Fsp3) is 0.286. The van der Waals surface area contributed by atoms with Crippen molar-refractivity contribution in [3.05, 3.63) is 178 Å². The van der Waals surface area contributed by atoms with Crippen LogP contribution in [0.5, 0.6) is 0 Å². The zero-order valence-electron chi connectivity index (χ0n) is 27.4. The van der Waals surface area contributed by atoms with E-state index in [1.165, 1.54) is 0 Å². The molecule has 0 aromatic heterocycles. The largest absolute Gasteiger partial charge is 0.392 e. The van der Waals surface area contributed by atoms with Crippen LogP contribution in [0.4, 0.5) is 0 Å². The van der Waals surface area contributed by atoms with Crippen LogP contribution in [0.2, 0.25) is 0 Å². The normalized spacial score (nSPS) is 23.0. The summed E-state index contributed by atoms with van der Waals surface area (Å²) in [5.41, 5.74) is 6.68. The molecule has 0 saturated carbocycles. The molecule has 1 fully saturated rings. The van der Waals surface area contributed by atoms with Gasteiger partial charge in [-0.3, -0.25) is 0 Å². The molecule has 1 N–H and O–H groups in total. The highest BCUT2D eigenvalue weighted by Crippen LogP contribution is 2.49. The lowest BCUT2D eigenvalue weighted by molar-refractivity contribution is -0.387. The SMILES string of the molecule is OCc1ccc2c(c1)[C@]1(OC2)O[C@H](COCc2ccccc2)[C@@H](OCc2ccccc2)[C@H](OCc2ccccc2)[C@H]1OCc1ccccc1. The number of aliphatic hydroxyl groups excluding tert-OH is 1. The van der Waals surface area contributed by atoms with Gasteiger partial charge in [-0.1, -0.05) is 133 Å². The second-order valence-corrected chi connectivity index (χ2v) is 12.5. The first-order chi connectivity index (χ1) is 24.2. The summed E-state index contributed by atoms with van der Waals surface area (Å²) in [5.74, 6) is -1.34. The first-order valence-electron chi connectivity index (χ1n) is 16.8. The summed E-state index contributed by atoms with van der Waals surface area (Å²) in [4.78, 5) is 0. The molecule has 252 valence electrons. The highest BCUT2D eigenvalue weighted by atomic mass is 16.7. The van der Waals surface area contributed by atoms with Crippen LogP contribution in [-0.2, 0) is 73.8 Å². The average Bonchev–Trinajstić information content (AvgIpc) is 3.52. The molecule has 5 aromatic carbocycles. The summed E-state index contributed by atoms with van der Waals surface area (Å²) in [7, 11) is 0. The number of benzene rings is 5. The van der Waals surface area contributed by atoms with Gasteiger partial charge in [0.05, 0.1) is 46.2 Å². The highest BCUT2D eigenvalue weighted by Gasteiger charge is 2.61. The predicted octanol–water partition coefficient (Wildman–Crippen LogP) is 7.23. The molecule has 2 aliphatic heterocycles. The molecular formula is C42H42O7. The maximum absolute atomic E-state index is 10.2. The smallest absolute Gasteiger partial charge is 0.226 e. The molecule has 2 aliphatic rings. The third-order valence-corrected chi connectivity index (χ3v) is 9.10. The predicted molar refractivity (Wildman–Crippen MR) is 185 cm³/mol. The number of aliphatic hydroxyl groups is 1.